The van der Waals surface area contributed by atoms with Gasteiger partial charge >= 0.3 is 5.91 Å². The zero-order valence-electron chi connectivity index (χ0n) is 9.85. The molecular weight excluding hydrogens is 264 g/mol. The van der Waals surface area contributed by atoms with Crippen LogP contribution in [-0.4, -0.2) is 22.5 Å². The van der Waals surface area contributed by atoms with Gasteiger partial charge in [0, 0.05) is 11.1 Å². The highest BCUT2D eigenvalue weighted by molar-refractivity contribution is 7.10. The number of nitrogens with zero attached hydrogens (tertiary/aromatic N) is 2. The Kier molecular flexibility index (Phi) is 3.16. The zero-order valence-corrected chi connectivity index (χ0v) is 10.7. The van der Waals surface area contributed by atoms with E-state index in [-0.39, 0.29) is 18.5 Å². The maximum atomic E-state index is 11.9. The fourth-order valence-electron chi connectivity index (χ4n) is 1.56. The molecule has 3 heterocycles. The van der Waals surface area contributed by atoms with Crippen LogP contribution in [0.15, 0.2) is 41.8 Å². The number of hydrogen-bond donors (Lipinski definition) is 0. The first-order chi connectivity index (χ1) is 9.33. The van der Waals surface area contributed by atoms with Crippen molar-refractivity contribution in [1.82, 2.24) is 9.78 Å². The van der Waals surface area contributed by atoms with Crippen molar-refractivity contribution < 1.29 is 14.3 Å². The molecule has 0 saturated carbocycles. The van der Waals surface area contributed by atoms with Gasteiger partial charge in [-0.2, -0.15) is 5.10 Å². The molecule has 0 unspecified atom stereocenters. The molecule has 2 aromatic rings. The Morgan fingerprint density at radius 3 is 3.11 bits per heavy atom. The molecule has 0 aromatic carbocycles. The largest absolute Gasteiger partial charge is 0.461 e. The summed E-state index contributed by atoms with van der Waals surface area (Å²) in [5, 5.41) is 6.17. The molecule has 2 aromatic heterocycles. The molecule has 0 spiro atoms. The quantitative estimate of drug-likeness (QED) is 0.863. The third kappa shape index (κ3) is 2.58. The molecule has 0 bridgehead atoms. The summed E-state index contributed by atoms with van der Waals surface area (Å²) in [6.45, 7) is 0.0769. The molecular formula is C13H10N2O3S. The molecule has 0 fully saturated rings. The fourth-order valence-corrected chi connectivity index (χ4v) is 2.18. The zero-order chi connectivity index (χ0) is 13.1. The van der Waals surface area contributed by atoms with E-state index in [0.29, 0.717) is 5.69 Å². The first kappa shape index (κ1) is 11.7. The first-order valence-electron chi connectivity index (χ1n) is 5.59. The van der Waals surface area contributed by atoms with Crippen molar-refractivity contribution in [2.45, 2.75) is 0 Å². The number of aromatic nitrogens is 2. The monoisotopic (exact) mass is 274 g/mol. The Hall–Kier alpha value is -2.34. The number of thiophene rings is 1. The summed E-state index contributed by atoms with van der Waals surface area (Å²) in [6.07, 6.45) is 6.70. The average Bonchev–Trinajstić information content (AvgIpc) is 3.16. The van der Waals surface area contributed by atoms with Crippen LogP contribution in [0.25, 0.3) is 12.2 Å². The second-order valence-electron chi connectivity index (χ2n) is 3.75. The number of carbonyl (C=O) groups is 1. The van der Waals surface area contributed by atoms with Gasteiger partial charge in [-0.25, -0.2) is 4.68 Å². The maximum Gasteiger partial charge on any atom is 0.316 e. The molecule has 96 valence electrons. The van der Waals surface area contributed by atoms with Gasteiger partial charge in [0.2, 0.25) is 12.6 Å². The summed E-state index contributed by atoms with van der Waals surface area (Å²) >= 11 is 1.64. The Labute approximate surface area is 113 Å². The summed E-state index contributed by atoms with van der Waals surface area (Å²) in [4.78, 5) is 13.0. The molecule has 6 heteroatoms. The van der Waals surface area contributed by atoms with E-state index in [0.717, 1.165) is 4.88 Å². The van der Waals surface area contributed by atoms with Gasteiger partial charge < -0.3 is 9.47 Å². The van der Waals surface area contributed by atoms with Gasteiger partial charge in [-0.15, -0.1) is 11.3 Å². The predicted molar refractivity (Wildman–Crippen MR) is 71.2 cm³/mol. The average molecular weight is 274 g/mol. The minimum Gasteiger partial charge on any atom is -0.461 e. The molecule has 5 nitrogen and oxygen atoms in total. The summed E-state index contributed by atoms with van der Waals surface area (Å²) in [5.74, 6) is -0.176. The minimum absolute atomic E-state index is 0.0769. The maximum absolute atomic E-state index is 11.9. The van der Waals surface area contributed by atoms with E-state index in [4.69, 9.17) is 9.47 Å². The molecule has 0 saturated heterocycles. The Balaban J connectivity index is 1.74. The second-order valence-corrected chi connectivity index (χ2v) is 4.73. The van der Waals surface area contributed by atoms with Gasteiger partial charge in [0.15, 0.2) is 0 Å². The van der Waals surface area contributed by atoms with Crippen molar-refractivity contribution >= 4 is 29.4 Å². The fraction of sp³-hybridized carbons (Fsp3) is 0.0769. The molecule has 19 heavy (non-hydrogen) atoms. The Morgan fingerprint density at radius 1 is 1.42 bits per heavy atom. The van der Waals surface area contributed by atoms with Crippen LogP contribution in [-0.2, 0) is 9.47 Å². The predicted octanol–water partition coefficient (Wildman–Crippen LogP) is 2.60. The third-order valence-corrected chi connectivity index (χ3v) is 3.30. The van der Waals surface area contributed by atoms with Crippen LogP contribution in [0, 0.1) is 0 Å². The highest BCUT2D eigenvalue weighted by Gasteiger charge is 2.18. The van der Waals surface area contributed by atoms with E-state index in [1.165, 1.54) is 10.9 Å². The second kappa shape index (κ2) is 5.11. The van der Waals surface area contributed by atoms with E-state index in [2.05, 4.69) is 5.10 Å². The van der Waals surface area contributed by atoms with Crippen LogP contribution in [0.4, 0.5) is 0 Å². The highest BCUT2D eigenvalue weighted by Crippen LogP contribution is 2.13. The molecule has 1 aliphatic rings. The molecule has 3 rings (SSSR count). The van der Waals surface area contributed by atoms with Gasteiger partial charge in [-0.3, -0.25) is 4.79 Å². The van der Waals surface area contributed by atoms with E-state index in [1.807, 2.05) is 29.7 Å². The van der Waals surface area contributed by atoms with E-state index < -0.39 is 0 Å². The lowest BCUT2D eigenvalue weighted by atomic mass is 10.3. The van der Waals surface area contributed by atoms with Crippen molar-refractivity contribution in [2.75, 3.05) is 6.79 Å². The summed E-state index contributed by atoms with van der Waals surface area (Å²) in [5.41, 5.74) is 0.710. The molecule has 1 aliphatic heterocycles. The number of ether oxygens (including phenoxy) is 2. The van der Waals surface area contributed by atoms with Crippen LogP contribution < -0.4 is 0 Å². The van der Waals surface area contributed by atoms with Crippen LogP contribution >= 0.6 is 11.3 Å². The number of carbonyl (C=O) groups excluding carboxylic acids is 1. The van der Waals surface area contributed by atoms with Gasteiger partial charge in [0.1, 0.15) is 6.26 Å². The Morgan fingerprint density at radius 2 is 2.37 bits per heavy atom. The lowest BCUT2D eigenvalue weighted by Gasteiger charge is -1.98. The van der Waals surface area contributed by atoms with Crippen molar-refractivity contribution in [3.8, 4) is 0 Å². The van der Waals surface area contributed by atoms with E-state index in [9.17, 15) is 4.79 Å². The van der Waals surface area contributed by atoms with Crippen molar-refractivity contribution in [2.24, 2.45) is 0 Å². The SMILES string of the molecule is O=C(C1=COCO1)n1ccc(C=Cc2cccs2)n1. The van der Waals surface area contributed by atoms with Crippen LogP contribution in [0.1, 0.15) is 15.4 Å². The van der Waals surface area contributed by atoms with Crippen LogP contribution in [0.5, 0.6) is 0 Å². The van der Waals surface area contributed by atoms with Gasteiger partial charge in [0.25, 0.3) is 0 Å². The normalized spacial score (nSPS) is 14.2. The summed E-state index contributed by atoms with van der Waals surface area (Å²) in [7, 11) is 0. The number of hydrogen-bond acceptors (Lipinski definition) is 5. The summed E-state index contributed by atoms with van der Waals surface area (Å²) < 4.78 is 11.1. The smallest absolute Gasteiger partial charge is 0.316 e. The van der Waals surface area contributed by atoms with Crippen molar-refractivity contribution in [3.05, 3.63) is 52.4 Å². The standard InChI is InChI=1S/C13H10N2O3S/c16-13(12-8-17-9-18-12)15-6-5-10(14-15)3-4-11-2-1-7-19-11/h1-8H,9H2. The van der Waals surface area contributed by atoms with E-state index >= 15 is 0 Å². The molecule has 0 radical (unpaired) electrons. The molecule has 0 atom stereocenters. The van der Waals surface area contributed by atoms with Gasteiger partial charge in [-0.1, -0.05) is 6.07 Å². The Bertz CT molecular complexity index is 641. The lowest BCUT2D eigenvalue weighted by molar-refractivity contribution is 0.0630. The third-order valence-electron chi connectivity index (χ3n) is 2.46. The number of rotatable bonds is 3. The topological polar surface area (TPSA) is 53.4 Å². The van der Waals surface area contributed by atoms with E-state index in [1.54, 1.807) is 23.6 Å². The lowest BCUT2D eigenvalue weighted by Crippen LogP contribution is -2.14. The molecule has 0 N–H and O–H groups in total. The van der Waals surface area contributed by atoms with Crippen LogP contribution in [0.2, 0.25) is 0 Å². The van der Waals surface area contributed by atoms with Crippen molar-refractivity contribution in [1.29, 1.82) is 0 Å². The van der Waals surface area contributed by atoms with Gasteiger partial charge in [0.05, 0.1) is 5.69 Å². The first-order valence-corrected chi connectivity index (χ1v) is 6.47. The van der Waals surface area contributed by atoms with Crippen molar-refractivity contribution in [3.63, 3.8) is 0 Å². The highest BCUT2D eigenvalue weighted by atomic mass is 32.1. The van der Waals surface area contributed by atoms with Crippen LogP contribution in [0.3, 0.4) is 0 Å². The summed E-state index contributed by atoms with van der Waals surface area (Å²) in [6, 6.07) is 5.76. The molecule has 0 aliphatic carbocycles. The van der Waals surface area contributed by atoms with Gasteiger partial charge in [-0.05, 0) is 29.7 Å². The minimum atomic E-state index is -0.340. The molecule has 0 amide bonds. The number of allylic oxidation sites excluding steroid dienone is 1.